The average Bonchev–Trinajstić information content (AvgIpc) is 2.55. The van der Waals surface area contributed by atoms with E-state index in [0.717, 1.165) is 42.9 Å². The van der Waals surface area contributed by atoms with E-state index in [2.05, 4.69) is 20.1 Å². The topological polar surface area (TPSA) is 31.4 Å². The van der Waals surface area contributed by atoms with Gasteiger partial charge in [-0.2, -0.15) is 0 Å². The fraction of sp³-hybridized carbons (Fsp3) is 0.471. The highest BCUT2D eigenvalue weighted by molar-refractivity contribution is 5.91. The van der Waals surface area contributed by atoms with Crippen molar-refractivity contribution in [3.8, 4) is 0 Å². The Morgan fingerprint density at radius 2 is 2.09 bits per heavy atom. The van der Waals surface area contributed by atoms with Crippen LogP contribution in [0.1, 0.15) is 5.69 Å². The third kappa shape index (κ3) is 2.44. The van der Waals surface area contributed by atoms with Crippen molar-refractivity contribution in [2.75, 3.05) is 44.6 Å². The zero-order chi connectivity index (χ0) is 15.1. The van der Waals surface area contributed by atoms with Crippen molar-refractivity contribution in [2.45, 2.75) is 13.0 Å². The van der Waals surface area contributed by atoms with E-state index in [1.807, 2.05) is 19.1 Å². The fourth-order valence-electron chi connectivity index (χ4n) is 3.63. The van der Waals surface area contributed by atoms with E-state index in [4.69, 9.17) is 0 Å². The average molecular weight is 300 g/mol. The van der Waals surface area contributed by atoms with E-state index in [0.29, 0.717) is 11.6 Å². The molecule has 1 aromatic carbocycles. The maximum atomic E-state index is 14.0. The number of aryl methyl sites for hydroxylation is 1. The predicted molar refractivity (Wildman–Crippen MR) is 86.7 cm³/mol. The Balaban J connectivity index is 1.58. The summed E-state index contributed by atoms with van der Waals surface area (Å²) in [6, 6.07) is 7.71. The number of nitrogens with zero attached hydrogens (tertiary/aromatic N) is 3. The standard InChI is InChI=1S/C17H21FN4/c1-12-9-16(14-3-2-4-15(18)17(14)20-12)19-10-13-11-21-5-7-22(13)8-6-21/h2-4,9,13H,5-8,10-11H2,1H3,(H,19,20). The molecule has 3 fully saturated rings. The molecule has 0 radical (unpaired) electrons. The minimum atomic E-state index is -0.254. The van der Waals surface area contributed by atoms with Crippen molar-refractivity contribution in [2.24, 2.45) is 0 Å². The zero-order valence-electron chi connectivity index (χ0n) is 12.8. The van der Waals surface area contributed by atoms with Crippen molar-refractivity contribution in [3.63, 3.8) is 0 Å². The maximum Gasteiger partial charge on any atom is 0.149 e. The largest absolute Gasteiger partial charge is 0.383 e. The van der Waals surface area contributed by atoms with E-state index < -0.39 is 0 Å². The van der Waals surface area contributed by atoms with Gasteiger partial charge in [-0.3, -0.25) is 9.80 Å². The van der Waals surface area contributed by atoms with Crippen molar-refractivity contribution in [3.05, 3.63) is 35.8 Å². The molecule has 0 aliphatic carbocycles. The normalized spacial score (nSPS) is 27.3. The first kappa shape index (κ1) is 13.9. The Morgan fingerprint density at radius 3 is 2.82 bits per heavy atom. The van der Waals surface area contributed by atoms with Crippen LogP contribution in [0.25, 0.3) is 10.9 Å². The molecule has 4 nitrogen and oxygen atoms in total. The number of rotatable bonds is 3. The summed E-state index contributed by atoms with van der Waals surface area (Å²) in [6.07, 6.45) is 0. The number of anilines is 1. The zero-order valence-corrected chi connectivity index (χ0v) is 12.8. The molecule has 0 amide bonds. The van der Waals surface area contributed by atoms with Gasteiger partial charge in [0.05, 0.1) is 0 Å². The molecule has 3 aliphatic heterocycles. The van der Waals surface area contributed by atoms with Crippen LogP contribution >= 0.6 is 0 Å². The van der Waals surface area contributed by atoms with Gasteiger partial charge >= 0.3 is 0 Å². The Kier molecular flexibility index (Phi) is 3.47. The highest BCUT2D eigenvalue weighted by Crippen LogP contribution is 2.25. The highest BCUT2D eigenvalue weighted by Gasteiger charge is 2.31. The molecule has 4 heterocycles. The van der Waals surface area contributed by atoms with E-state index in [1.165, 1.54) is 19.2 Å². The number of hydrogen-bond acceptors (Lipinski definition) is 4. The molecule has 3 saturated heterocycles. The van der Waals surface area contributed by atoms with Gasteiger partial charge in [0, 0.05) is 62.1 Å². The van der Waals surface area contributed by atoms with Crippen molar-refractivity contribution >= 4 is 16.6 Å². The van der Waals surface area contributed by atoms with Gasteiger partial charge in [-0.05, 0) is 19.1 Å². The van der Waals surface area contributed by atoms with Gasteiger partial charge in [0.2, 0.25) is 0 Å². The van der Waals surface area contributed by atoms with Crippen LogP contribution in [0, 0.1) is 12.7 Å². The molecule has 0 spiro atoms. The first-order chi connectivity index (χ1) is 10.7. The number of pyridine rings is 1. The molecule has 2 bridgehead atoms. The number of halogens is 1. The third-order valence-corrected chi connectivity index (χ3v) is 4.84. The lowest BCUT2D eigenvalue weighted by atomic mass is 10.1. The van der Waals surface area contributed by atoms with E-state index in [-0.39, 0.29) is 5.82 Å². The third-order valence-electron chi connectivity index (χ3n) is 4.84. The first-order valence-corrected chi connectivity index (χ1v) is 7.97. The minimum Gasteiger partial charge on any atom is -0.383 e. The second-order valence-electron chi connectivity index (χ2n) is 6.32. The molecule has 1 aromatic heterocycles. The summed E-state index contributed by atoms with van der Waals surface area (Å²) < 4.78 is 14.0. The van der Waals surface area contributed by atoms with Crippen LogP contribution in [0.5, 0.6) is 0 Å². The van der Waals surface area contributed by atoms with Crippen LogP contribution in [0.2, 0.25) is 0 Å². The van der Waals surface area contributed by atoms with Gasteiger partial charge in [-0.1, -0.05) is 12.1 Å². The molecule has 5 rings (SSSR count). The number of fused-ring (bicyclic) bond motifs is 4. The number of piperazine rings is 3. The second kappa shape index (κ2) is 5.48. The van der Waals surface area contributed by atoms with Crippen LogP contribution in [0.15, 0.2) is 24.3 Å². The molecule has 0 saturated carbocycles. The summed E-state index contributed by atoms with van der Waals surface area (Å²) in [7, 11) is 0. The number of para-hydroxylation sites is 1. The van der Waals surface area contributed by atoms with Gasteiger partial charge in [0.1, 0.15) is 11.3 Å². The molecular weight excluding hydrogens is 279 g/mol. The first-order valence-electron chi connectivity index (χ1n) is 7.97. The van der Waals surface area contributed by atoms with Gasteiger partial charge in [0.15, 0.2) is 0 Å². The fourth-order valence-corrected chi connectivity index (χ4v) is 3.63. The maximum absolute atomic E-state index is 14.0. The molecule has 1 unspecified atom stereocenters. The van der Waals surface area contributed by atoms with Crippen molar-refractivity contribution in [1.29, 1.82) is 0 Å². The van der Waals surface area contributed by atoms with Gasteiger partial charge < -0.3 is 5.32 Å². The Hall–Kier alpha value is -1.72. The summed E-state index contributed by atoms with van der Waals surface area (Å²) in [5.74, 6) is -0.254. The van der Waals surface area contributed by atoms with E-state index in [1.54, 1.807) is 6.07 Å². The molecule has 22 heavy (non-hydrogen) atoms. The Labute approximate surface area is 129 Å². The second-order valence-corrected chi connectivity index (χ2v) is 6.32. The predicted octanol–water partition coefficient (Wildman–Crippen LogP) is 2.09. The van der Waals surface area contributed by atoms with Crippen LogP contribution in [0.4, 0.5) is 10.1 Å². The molecule has 5 heteroatoms. The summed E-state index contributed by atoms with van der Waals surface area (Å²) >= 11 is 0. The lowest BCUT2D eigenvalue weighted by molar-refractivity contribution is 0.0189. The SMILES string of the molecule is Cc1cc(NCC2CN3CCN2CC3)c2cccc(F)c2n1. The lowest BCUT2D eigenvalue weighted by Gasteiger charge is -2.47. The highest BCUT2D eigenvalue weighted by atomic mass is 19.1. The smallest absolute Gasteiger partial charge is 0.149 e. The number of aromatic nitrogens is 1. The summed E-state index contributed by atoms with van der Waals surface area (Å²) in [4.78, 5) is 9.42. The van der Waals surface area contributed by atoms with E-state index >= 15 is 0 Å². The van der Waals surface area contributed by atoms with E-state index in [9.17, 15) is 4.39 Å². The molecule has 1 N–H and O–H groups in total. The lowest BCUT2D eigenvalue weighted by Crippen LogP contribution is -2.62. The summed E-state index contributed by atoms with van der Waals surface area (Å²) in [5, 5.41) is 4.40. The molecule has 2 aromatic rings. The molecule has 116 valence electrons. The van der Waals surface area contributed by atoms with Gasteiger partial charge in [-0.25, -0.2) is 9.37 Å². The van der Waals surface area contributed by atoms with Crippen LogP contribution in [-0.2, 0) is 0 Å². The number of benzene rings is 1. The minimum absolute atomic E-state index is 0.254. The van der Waals surface area contributed by atoms with Gasteiger partial charge in [0.25, 0.3) is 0 Å². The Morgan fingerprint density at radius 1 is 1.27 bits per heavy atom. The quantitative estimate of drug-likeness (QED) is 0.940. The molecule has 3 aliphatic rings. The Bertz CT molecular complexity index is 694. The number of hydrogen-bond donors (Lipinski definition) is 1. The number of nitrogens with one attached hydrogen (secondary N) is 1. The molecule has 1 atom stereocenters. The molecular formula is C17H21FN4. The van der Waals surface area contributed by atoms with Crippen LogP contribution in [-0.4, -0.2) is 60.1 Å². The monoisotopic (exact) mass is 300 g/mol. The van der Waals surface area contributed by atoms with Gasteiger partial charge in [-0.15, -0.1) is 0 Å². The van der Waals surface area contributed by atoms with Crippen LogP contribution < -0.4 is 5.32 Å². The van der Waals surface area contributed by atoms with Crippen LogP contribution in [0.3, 0.4) is 0 Å². The van der Waals surface area contributed by atoms with Crippen molar-refractivity contribution in [1.82, 2.24) is 14.8 Å². The summed E-state index contributed by atoms with van der Waals surface area (Å²) in [5.41, 5.74) is 2.29. The summed E-state index contributed by atoms with van der Waals surface area (Å²) in [6.45, 7) is 8.65. The van der Waals surface area contributed by atoms with Crippen molar-refractivity contribution < 1.29 is 4.39 Å².